The van der Waals surface area contributed by atoms with E-state index in [9.17, 15) is 10.2 Å². The second-order valence-electron chi connectivity index (χ2n) is 5.51. The number of nitrogens with zero attached hydrogens (tertiary/aromatic N) is 1. The highest BCUT2D eigenvalue weighted by atomic mass is 32.1. The van der Waals surface area contributed by atoms with Crippen molar-refractivity contribution >= 4 is 17.2 Å². The summed E-state index contributed by atoms with van der Waals surface area (Å²) in [5.74, 6) is 0. The zero-order chi connectivity index (χ0) is 14.6. The van der Waals surface area contributed by atoms with Gasteiger partial charge in [0.2, 0.25) is 0 Å². The van der Waals surface area contributed by atoms with Gasteiger partial charge >= 0.3 is 0 Å². The maximum atomic E-state index is 10.1. The molecule has 1 atom stereocenters. The molecule has 0 amide bonds. The molecule has 0 aliphatic carbocycles. The van der Waals surface area contributed by atoms with Crippen LogP contribution in [0.5, 0.6) is 0 Å². The number of likely N-dealkylation sites (N-methyl/N-ethyl adjacent to an activating group) is 1. The predicted molar refractivity (Wildman–Crippen MR) is 81.1 cm³/mol. The second-order valence-corrected chi connectivity index (χ2v) is 5.95. The van der Waals surface area contributed by atoms with Crippen LogP contribution in [0.3, 0.4) is 0 Å². The van der Waals surface area contributed by atoms with Crippen LogP contribution in [0.15, 0.2) is 24.3 Å². The van der Waals surface area contributed by atoms with Crippen LogP contribution in [0, 0.1) is 0 Å². The van der Waals surface area contributed by atoms with Gasteiger partial charge in [-0.3, -0.25) is 0 Å². The molecule has 1 unspecified atom stereocenters. The van der Waals surface area contributed by atoms with Crippen molar-refractivity contribution in [2.24, 2.45) is 5.73 Å². The van der Waals surface area contributed by atoms with E-state index in [4.69, 9.17) is 18.0 Å². The molecule has 5 heteroatoms. The molecule has 0 saturated heterocycles. The average Bonchev–Trinajstić information content (AvgIpc) is 2.26. The topological polar surface area (TPSA) is 69.7 Å². The number of benzene rings is 1. The minimum Gasteiger partial charge on any atom is -0.389 e. The number of thiocarbonyl (C=S) groups is 1. The molecule has 0 spiro atoms. The average molecular weight is 282 g/mol. The fourth-order valence-corrected chi connectivity index (χ4v) is 2.13. The van der Waals surface area contributed by atoms with Crippen LogP contribution in [0.1, 0.15) is 31.1 Å². The SMILES string of the molecule is CN(CC(O)c1ccc(C(N)=S)cc1)CC(C)(C)O. The standard InChI is InChI=1S/C14H22N2O2S/c1-14(2,18)9-16(3)8-12(17)10-4-6-11(7-5-10)13(15)19/h4-7,12,17-18H,8-9H2,1-3H3,(H2,15,19). The van der Waals surface area contributed by atoms with Crippen molar-refractivity contribution in [1.29, 1.82) is 0 Å². The molecule has 1 rings (SSSR count). The van der Waals surface area contributed by atoms with E-state index < -0.39 is 11.7 Å². The number of hydrogen-bond acceptors (Lipinski definition) is 4. The van der Waals surface area contributed by atoms with Crippen molar-refractivity contribution in [3.8, 4) is 0 Å². The molecule has 0 fully saturated rings. The van der Waals surface area contributed by atoms with Crippen molar-refractivity contribution in [1.82, 2.24) is 4.90 Å². The van der Waals surface area contributed by atoms with Crippen LogP contribution in [-0.4, -0.2) is 45.8 Å². The molecular formula is C14H22N2O2S. The predicted octanol–water partition coefficient (Wildman–Crippen LogP) is 1.06. The fraction of sp³-hybridized carbons (Fsp3) is 0.500. The molecule has 4 N–H and O–H groups in total. The minimum absolute atomic E-state index is 0.347. The highest BCUT2D eigenvalue weighted by molar-refractivity contribution is 7.80. The molecule has 1 aromatic carbocycles. The number of rotatable bonds is 6. The monoisotopic (exact) mass is 282 g/mol. The van der Waals surface area contributed by atoms with Crippen molar-refractivity contribution in [3.05, 3.63) is 35.4 Å². The Morgan fingerprint density at radius 1 is 1.37 bits per heavy atom. The van der Waals surface area contributed by atoms with Gasteiger partial charge in [-0.25, -0.2) is 0 Å². The lowest BCUT2D eigenvalue weighted by atomic mass is 10.1. The van der Waals surface area contributed by atoms with Crippen LogP contribution in [0.2, 0.25) is 0 Å². The summed E-state index contributed by atoms with van der Waals surface area (Å²) in [7, 11) is 1.87. The lowest BCUT2D eigenvalue weighted by Crippen LogP contribution is -2.38. The first-order chi connectivity index (χ1) is 8.69. The van der Waals surface area contributed by atoms with Gasteiger partial charge in [-0.1, -0.05) is 36.5 Å². The molecule has 4 nitrogen and oxygen atoms in total. The Kier molecular flexibility index (Phi) is 5.43. The van der Waals surface area contributed by atoms with Crippen LogP contribution >= 0.6 is 12.2 Å². The van der Waals surface area contributed by atoms with E-state index in [1.54, 1.807) is 26.0 Å². The summed E-state index contributed by atoms with van der Waals surface area (Å²) in [5.41, 5.74) is 6.34. The Balaban J connectivity index is 2.62. The third-order valence-electron chi connectivity index (χ3n) is 2.72. The van der Waals surface area contributed by atoms with E-state index in [2.05, 4.69) is 0 Å². The van der Waals surface area contributed by atoms with E-state index in [0.29, 0.717) is 18.1 Å². The van der Waals surface area contributed by atoms with Crippen LogP contribution in [-0.2, 0) is 0 Å². The minimum atomic E-state index is -0.774. The first-order valence-electron chi connectivity index (χ1n) is 6.18. The second kappa shape index (κ2) is 6.43. The Morgan fingerprint density at radius 3 is 2.32 bits per heavy atom. The highest BCUT2D eigenvalue weighted by Crippen LogP contribution is 2.16. The summed E-state index contributed by atoms with van der Waals surface area (Å²) < 4.78 is 0. The maximum absolute atomic E-state index is 10.1. The lowest BCUT2D eigenvalue weighted by Gasteiger charge is -2.27. The van der Waals surface area contributed by atoms with E-state index >= 15 is 0 Å². The lowest BCUT2D eigenvalue weighted by molar-refractivity contribution is 0.0284. The van der Waals surface area contributed by atoms with Gasteiger partial charge in [-0.15, -0.1) is 0 Å². The Labute approximate surface area is 119 Å². The molecule has 19 heavy (non-hydrogen) atoms. The number of aliphatic hydroxyl groups is 2. The van der Waals surface area contributed by atoms with Crippen LogP contribution < -0.4 is 5.73 Å². The summed E-state index contributed by atoms with van der Waals surface area (Å²) in [6.45, 7) is 4.44. The molecular weight excluding hydrogens is 260 g/mol. The first-order valence-corrected chi connectivity index (χ1v) is 6.58. The molecule has 0 saturated carbocycles. The van der Waals surface area contributed by atoms with Crippen LogP contribution in [0.4, 0.5) is 0 Å². The summed E-state index contributed by atoms with van der Waals surface area (Å²) in [4.78, 5) is 2.24. The summed E-state index contributed by atoms with van der Waals surface area (Å²) in [6, 6.07) is 7.24. The first kappa shape index (κ1) is 16.0. The van der Waals surface area contributed by atoms with Gasteiger partial charge in [0.25, 0.3) is 0 Å². The van der Waals surface area contributed by atoms with E-state index in [-0.39, 0.29) is 0 Å². The summed E-state index contributed by atoms with van der Waals surface area (Å²) in [5, 5.41) is 19.8. The van der Waals surface area contributed by atoms with E-state index in [1.165, 1.54) is 0 Å². The zero-order valence-corrected chi connectivity index (χ0v) is 12.4. The third-order valence-corrected chi connectivity index (χ3v) is 2.96. The normalized spacial score (nSPS) is 13.6. The Hall–Kier alpha value is -1.01. The van der Waals surface area contributed by atoms with Crippen molar-refractivity contribution in [2.75, 3.05) is 20.1 Å². The largest absolute Gasteiger partial charge is 0.389 e. The molecule has 0 aliphatic rings. The number of nitrogens with two attached hydrogens (primary N) is 1. The van der Waals surface area contributed by atoms with Gasteiger partial charge in [0.15, 0.2) is 0 Å². The number of hydrogen-bond donors (Lipinski definition) is 3. The smallest absolute Gasteiger partial charge is 0.103 e. The molecule has 0 bridgehead atoms. The molecule has 0 radical (unpaired) electrons. The molecule has 0 aromatic heterocycles. The quantitative estimate of drug-likeness (QED) is 0.681. The maximum Gasteiger partial charge on any atom is 0.103 e. The van der Waals surface area contributed by atoms with Crippen molar-refractivity contribution < 1.29 is 10.2 Å². The Morgan fingerprint density at radius 2 is 1.89 bits per heavy atom. The third kappa shape index (κ3) is 5.65. The Bertz CT molecular complexity index is 426. The fourth-order valence-electron chi connectivity index (χ4n) is 2.00. The van der Waals surface area contributed by atoms with Gasteiger partial charge in [-0.2, -0.15) is 0 Å². The van der Waals surface area contributed by atoms with Crippen molar-refractivity contribution in [2.45, 2.75) is 25.6 Å². The van der Waals surface area contributed by atoms with Gasteiger partial charge in [0.05, 0.1) is 11.7 Å². The zero-order valence-electron chi connectivity index (χ0n) is 11.6. The molecule has 0 aliphatic heterocycles. The van der Waals surface area contributed by atoms with Crippen LogP contribution in [0.25, 0.3) is 0 Å². The van der Waals surface area contributed by atoms with Gasteiger partial charge in [0, 0.05) is 18.7 Å². The molecule has 0 heterocycles. The summed E-state index contributed by atoms with van der Waals surface area (Å²) >= 11 is 4.88. The van der Waals surface area contributed by atoms with Gasteiger partial charge < -0.3 is 20.8 Å². The van der Waals surface area contributed by atoms with E-state index in [0.717, 1.165) is 11.1 Å². The molecule has 1 aromatic rings. The van der Waals surface area contributed by atoms with Crippen molar-refractivity contribution in [3.63, 3.8) is 0 Å². The summed E-state index contributed by atoms with van der Waals surface area (Å²) in [6.07, 6.45) is -0.604. The van der Waals surface area contributed by atoms with Gasteiger partial charge in [-0.05, 0) is 26.5 Å². The molecule has 106 valence electrons. The highest BCUT2D eigenvalue weighted by Gasteiger charge is 2.18. The number of aliphatic hydroxyl groups excluding tert-OH is 1. The van der Waals surface area contributed by atoms with Gasteiger partial charge in [0.1, 0.15) is 4.99 Å². The van der Waals surface area contributed by atoms with E-state index in [1.807, 2.05) is 24.1 Å².